The molecule has 6 heteroatoms. The first-order chi connectivity index (χ1) is 8.90. The van der Waals surface area contributed by atoms with E-state index in [4.69, 9.17) is 11.5 Å². The number of carboxylic acids is 1. The van der Waals surface area contributed by atoms with E-state index in [1.54, 1.807) is 6.92 Å². The van der Waals surface area contributed by atoms with Gasteiger partial charge in [-0.1, -0.05) is 12.8 Å². The van der Waals surface area contributed by atoms with Gasteiger partial charge >= 0.3 is 5.97 Å². The Labute approximate surface area is 108 Å². The summed E-state index contributed by atoms with van der Waals surface area (Å²) in [6, 6.07) is 0.392. The normalized spacial score (nSPS) is 11.5. The van der Waals surface area contributed by atoms with E-state index in [-0.39, 0.29) is 0 Å². The van der Waals surface area contributed by atoms with E-state index in [0.29, 0.717) is 18.6 Å². The van der Waals surface area contributed by atoms with Crippen LogP contribution in [0, 0.1) is 24.0 Å². The third-order valence-electron chi connectivity index (χ3n) is 2.45. The van der Waals surface area contributed by atoms with Gasteiger partial charge in [0, 0.05) is 0 Å². The molecule has 1 rings (SSSR count). The Balaban J connectivity index is 3.19. The quantitative estimate of drug-likeness (QED) is 0.817. The SMILES string of the molecule is C#CC(CC)NC(=O)c1cc(F)c(F)cc1C(=O)O. The lowest BCUT2D eigenvalue weighted by Gasteiger charge is -2.12. The predicted octanol–water partition coefficient (Wildman–Crippen LogP) is 1.80. The van der Waals surface area contributed by atoms with E-state index in [0.717, 1.165) is 0 Å². The second-order valence-electron chi connectivity index (χ2n) is 3.72. The Morgan fingerprint density at radius 2 is 1.89 bits per heavy atom. The highest BCUT2D eigenvalue weighted by molar-refractivity contribution is 6.05. The molecule has 1 aromatic rings. The van der Waals surface area contributed by atoms with E-state index >= 15 is 0 Å². The summed E-state index contributed by atoms with van der Waals surface area (Å²) in [5, 5.41) is 11.2. The van der Waals surface area contributed by atoms with Gasteiger partial charge in [-0.15, -0.1) is 6.42 Å². The van der Waals surface area contributed by atoms with Gasteiger partial charge in [0.15, 0.2) is 11.6 Å². The monoisotopic (exact) mass is 267 g/mol. The topological polar surface area (TPSA) is 66.4 Å². The molecule has 0 aliphatic heterocycles. The number of benzene rings is 1. The number of hydrogen-bond donors (Lipinski definition) is 2. The van der Waals surface area contributed by atoms with Gasteiger partial charge in [0.2, 0.25) is 0 Å². The standard InChI is InChI=1S/C13H11F2NO3/c1-3-7(4-2)16-12(17)8-5-10(14)11(15)6-9(8)13(18)19/h1,5-7H,4H2,2H3,(H,16,17)(H,18,19). The average Bonchev–Trinajstić information content (AvgIpc) is 2.37. The molecule has 100 valence electrons. The molecule has 4 nitrogen and oxygen atoms in total. The van der Waals surface area contributed by atoms with Crippen molar-refractivity contribution in [3.05, 3.63) is 34.9 Å². The summed E-state index contributed by atoms with van der Waals surface area (Å²) >= 11 is 0. The zero-order valence-electron chi connectivity index (χ0n) is 10.0. The zero-order valence-corrected chi connectivity index (χ0v) is 10.0. The summed E-state index contributed by atoms with van der Waals surface area (Å²) in [6.45, 7) is 1.72. The lowest BCUT2D eigenvalue weighted by Crippen LogP contribution is -2.34. The molecule has 2 N–H and O–H groups in total. The molecule has 1 aromatic carbocycles. The van der Waals surface area contributed by atoms with Gasteiger partial charge in [-0.05, 0) is 18.6 Å². The van der Waals surface area contributed by atoms with Crippen LogP contribution < -0.4 is 5.32 Å². The lowest BCUT2D eigenvalue weighted by atomic mass is 10.1. The number of hydrogen-bond acceptors (Lipinski definition) is 2. The van der Waals surface area contributed by atoms with E-state index in [9.17, 15) is 18.4 Å². The molecule has 0 aromatic heterocycles. The van der Waals surface area contributed by atoms with Crippen molar-refractivity contribution in [2.24, 2.45) is 0 Å². The number of amides is 1. The Hall–Kier alpha value is -2.42. The third-order valence-corrected chi connectivity index (χ3v) is 2.45. The van der Waals surface area contributed by atoms with Gasteiger partial charge in [0.25, 0.3) is 5.91 Å². The van der Waals surface area contributed by atoms with Crippen molar-refractivity contribution in [2.75, 3.05) is 0 Å². The van der Waals surface area contributed by atoms with E-state index in [1.165, 1.54) is 0 Å². The van der Waals surface area contributed by atoms with Gasteiger partial charge in [-0.3, -0.25) is 4.79 Å². The Bertz CT molecular complexity index is 564. The number of carbonyl (C=O) groups is 2. The molecule has 0 heterocycles. The predicted molar refractivity (Wildman–Crippen MR) is 63.7 cm³/mol. The number of terminal acetylenes is 1. The molecule has 0 fully saturated rings. The minimum absolute atomic E-state index is 0.425. The van der Waals surface area contributed by atoms with Crippen molar-refractivity contribution in [3.8, 4) is 12.3 Å². The fourth-order valence-corrected chi connectivity index (χ4v) is 1.41. The molecule has 0 aliphatic rings. The highest BCUT2D eigenvalue weighted by Crippen LogP contribution is 2.15. The number of carboxylic acid groups (broad SMARTS) is 1. The van der Waals surface area contributed by atoms with Crippen molar-refractivity contribution < 1.29 is 23.5 Å². The van der Waals surface area contributed by atoms with E-state index in [2.05, 4.69) is 11.2 Å². The third kappa shape index (κ3) is 3.28. The molecule has 0 bridgehead atoms. The van der Waals surface area contributed by atoms with Crippen LogP contribution in [0.15, 0.2) is 12.1 Å². The summed E-state index contributed by atoms with van der Waals surface area (Å²) in [5.74, 6) is -2.75. The summed E-state index contributed by atoms with van der Waals surface area (Å²) in [4.78, 5) is 22.7. The van der Waals surface area contributed by atoms with Gasteiger partial charge in [0.05, 0.1) is 17.2 Å². The van der Waals surface area contributed by atoms with Crippen LogP contribution in [0.5, 0.6) is 0 Å². The Kier molecular flexibility index (Phi) is 4.59. The van der Waals surface area contributed by atoms with Crippen molar-refractivity contribution in [2.45, 2.75) is 19.4 Å². The van der Waals surface area contributed by atoms with Crippen LogP contribution >= 0.6 is 0 Å². The molecule has 0 radical (unpaired) electrons. The van der Waals surface area contributed by atoms with Crippen molar-refractivity contribution in [1.82, 2.24) is 5.32 Å². The number of halogens is 2. The maximum absolute atomic E-state index is 13.1. The van der Waals surface area contributed by atoms with Gasteiger partial charge in [-0.2, -0.15) is 0 Å². The number of nitrogens with one attached hydrogen (secondary N) is 1. The molecule has 0 aliphatic carbocycles. The maximum atomic E-state index is 13.1. The highest BCUT2D eigenvalue weighted by atomic mass is 19.2. The van der Waals surface area contributed by atoms with E-state index in [1.807, 2.05) is 0 Å². The van der Waals surface area contributed by atoms with Crippen LogP contribution in [0.1, 0.15) is 34.1 Å². The second kappa shape index (κ2) is 5.96. The molecule has 1 atom stereocenters. The minimum atomic E-state index is -1.53. The molecule has 0 spiro atoms. The smallest absolute Gasteiger partial charge is 0.336 e. The molecule has 1 unspecified atom stereocenters. The van der Waals surface area contributed by atoms with Crippen LogP contribution in [0.4, 0.5) is 8.78 Å². The molecule has 0 saturated carbocycles. The molecule has 0 saturated heterocycles. The summed E-state index contributed by atoms with van der Waals surface area (Å²) < 4.78 is 26.1. The molecular formula is C13H11F2NO3. The van der Waals surface area contributed by atoms with Gasteiger partial charge < -0.3 is 10.4 Å². The summed E-state index contributed by atoms with van der Waals surface area (Å²) in [7, 11) is 0. The van der Waals surface area contributed by atoms with Crippen LogP contribution in [-0.2, 0) is 0 Å². The number of rotatable bonds is 4. The first-order valence-corrected chi connectivity index (χ1v) is 5.40. The summed E-state index contributed by atoms with van der Waals surface area (Å²) in [6.07, 6.45) is 5.57. The van der Waals surface area contributed by atoms with Crippen molar-refractivity contribution in [1.29, 1.82) is 0 Å². The first-order valence-electron chi connectivity index (χ1n) is 5.40. The van der Waals surface area contributed by atoms with Crippen LogP contribution in [0.25, 0.3) is 0 Å². The highest BCUT2D eigenvalue weighted by Gasteiger charge is 2.21. The van der Waals surface area contributed by atoms with Crippen molar-refractivity contribution >= 4 is 11.9 Å². The van der Waals surface area contributed by atoms with Crippen molar-refractivity contribution in [3.63, 3.8) is 0 Å². The van der Waals surface area contributed by atoms with Crippen LogP contribution in [-0.4, -0.2) is 23.0 Å². The fourth-order valence-electron chi connectivity index (χ4n) is 1.41. The Morgan fingerprint density at radius 1 is 1.37 bits per heavy atom. The van der Waals surface area contributed by atoms with Crippen LogP contribution in [0.2, 0.25) is 0 Å². The molecular weight excluding hydrogens is 256 g/mol. The number of aromatic carboxylic acids is 1. The minimum Gasteiger partial charge on any atom is -0.478 e. The molecule has 19 heavy (non-hydrogen) atoms. The summed E-state index contributed by atoms with van der Waals surface area (Å²) in [5.41, 5.74) is -1.09. The van der Waals surface area contributed by atoms with E-state index < -0.39 is 40.7 Å². The van der Waals surface area contributed by atoms with Gasteiger partial charge in [0.1, 0.15) is 0 Å². The first kappa shape index (κ1) is 14.6. The van der Waals surface area contributed by atoms with Crippen LogP contribution in [0.3, 0.4) is 0 Å². The number of carbonyl (C=O) groups excluding carboxylic acids is 1. The largest absolute Gasteiger partial charge is 0.478 e. The fraction of sp³-hybridized carbons (Fsp3) is 0.231. The average molecular weight is 267 g/mol. The zero-order chi connectivity index (χ0) is 14.6. The Morgan fingerprint density at radius 3 is 2.32 bits per heavy atom. The maximum Gasteiger partial charge on any atom is 0.336 e. The second-order valence-corrected chi connectivity index (χ2v) is 3.72. The van der Waals surface area contributed by atoms with Gasteiger partial charge in [-0.25, -0.2) is 13.6 Å². The molecule has 1 amide bonds. The lowest BCUT2D eigenvalue weighted by molar-refractivity contribution is 0.0690.